The molecule has 5 heteroatoms. The third-order valence-electron chi connectivity index (χ3n) is 3.95. The molecule has 0 aliphatic carbocycles. The molecule has 1 atom stereocenters. The highest BCUT2D eigenvalue weighted by molar-refractivity contribution is 5.97. The molecule has 2 aromatic rings. The maximum atomic E-state index is 12.6. The Morgan fingerprint density at radius 3 is 2.29 bits per heavy atom. The molecule has 5 nitrogen and oxygen atoms in total. The second-order valence-corrected chi connectivity index (χ2v) is 5.72. The highest BCUT2D eigenvalue weighted by atomic mass is 16.2. The summed E-state index contributed by atoms with van der Waals surface area (Å²) in [6.45, 7) is 2.65. The van der Waals surface area contributed by atoms with Gasteiger partial charge in [0.2, 0.25) is 5.91 Å². The number of nitrogens with zero attached hydrogens (tertiary/aromatic N) is 1. The Morgan fingerprint density at radius 1 is 1.04 bits per heavy atom. The molecule has 0 spiro atoms. The summed E-state index contributed by atoms with van der Waals surface area (Å²) >= 11 is 0. The second kappa shape index (κ2) is 8.26. The zero-order chi connectivity index (χ0) is 17.5. The van der Waals surface area contributed by atoms with Crippen molar-refractivity contribution < 1.29 is 9.59 Å². The van der Waals surface area contributed by atoms with Crippen molar-refractivity contribution in [3.63, 3.8) is 0 Å². The summed E-state index contributed by atoms with van der Waals surface area (Å²) < 4.78 is 0. The van der Waals surface area contributed by atoms with Crippen LogP contribution in [0, 0.1) is 6.92 Å². The quantitative estimate of drug-likeness (QED) is 0.888. The molecule has 24 heavy (non-hydrogen) atoms. The molecule has 1 unspecified atom stereocenters. The maximum Gasteiger partial charge on any atom is 0.321 e. The summed E-state index contributed by atoms with van der Waals surface area (Å²) in [4.78, 5) is 26.1. The minimum absolute atomic E-state index is 0.350. The Labute approximate surface area is 142 Å². The van der Waals surface area contributed by atoms with E-state index < -0.39 is 12.1 Å². The van der Waals surface area contributed by atoms with Crippen LogP contribution in [0.2, 0.25) is 0 Å². The lowest BCUT2D eigenvalue weighted by atomic mass is 10.0. The average Bonchev–Trinajstić information content (AvgIpc) is 2.58. The largest absolute Gasteiger partial charge is 0.341 e. The van der Waals surface area contributed by atoms with Crippen LogP contribution in [0.4, 0.5) is 4.79 Å². The van der Waals surface area contributed by atoms with Crippen LogP contribution in [0.3, 0.4) is 0 Å². The fourth-order valence-corrected chi connectivity index (χ4v) is 2.63. The number of likely N-dealkylation sites (N-methyl/N-ethyl adjacent to an activating group) is 1. The predicted octanol–water partition coefficient (Wildman–Crippen LogP) is 2.62. The van der Waals surface area contributed by atoms with Crippen molar-refractivity contribution in [1.29, 1.82) is 0 Å². The smallest absolute Gasteiger partial charge is 0.321 e. The number of rotatable bonds is 5. The monoisotopic (exact) mass is 325 g/mol. The molecule has 0 aliphatic rings. The van der Waals surface area contributed by atoms with Crippen molar-refractivity contribution in [3.05, 3.63) is 71.3 Å². The van der Waals surface area contributed by atoms with Crippen molar-refractivity contribution in [2.75, 3.05) is 14.1 Å². The van der Waals surface area contributed by atoms with E-state index in [1.165, 1.54) is 12.6 Å². The number of nitrogens with one attached hydrogen (secondary N) is 2. The normalized spacial score (nSPS) is 11.8. The SMILES string of the molecule is CNC(=O)NC(=O)C(c1ccccc1)N(C)Cc1ccccc1C. The van der Waals surface area contributed by atoms with Crippen LogP contribution < -0.4 is 10.6 Å². The third kappa shape index (κ3) is 4.43. The molecule has 0 heterocycles. The maximum absolute atomic E-state index is 12.6. The molecule has 2 N–H and O–H groups in total. The summed E-state index contributed by atoms with van der Waals surface area (Å²) in [5, 5.41) is 4.79. The molecule has 2 aromatic carbocycles. The van der Waals surface area contributed by atoms with Gasteiger partial charge in [-0.25, -0.2) is 4.79 Å². The van der Waals surface area contributed by atoms with Crippen LogP contribution in [0.5, 0.6) is 0 Å². The van der Waals surface area contributed by atoms with E-state index in [2.05, 4.69) is 10.6 Å². The van der Waals surface area contributed by atoms with E-state index in [1.54, 1.807) is 0 Å². The van der Waals surface area contributed by atoms with Crippen molar-refractivity contribution in [1.82, 2.24) is 15.5 Å². The van der Waals surface area contributed by atoms with E-state index in [-0.39, 0.29) is 5.91 Å². The van der Waals surface area contributed by atoms with Crippen molar-refractivity contribution in [2.24, 2.45) is 0 Å². The minimum Gasteiger partial charge on any atom is -0.341 e. The summed E-state index contributed by atoms with van der Waals surface area (Å²) in [5.41, 5.74) is 3.16. The van der Waals surface area contributed by atoms with Crippen molar-refractivity contribution in [2.45, 2.75) is 19.5 Å². The number of hydrogen-bond acceptors (Lipinski definition) is 3. The van der Waals surface area contributed by atoms with E-state index in [9.17, 15) is 9.59 Å². The van der Waals surface area contributed by atoms with Crippen LogP contribution in [0.1, 0.15) is 22.7 Å². The molecular weight excluding hydrogens is 302 g/mol. The Hall–Kier alpha value is -2.66. The van der Waals surface area contributed by atoms with E-state index >= 15 is 0 Å². The Morgan fingerprint density at radius 2 is 1.67 bits per heavy atom. The van der Waals surface area contributed by atoms with Gasteiger partial charge < -0.3 is 5.32 Å². The predicted molar refractivity (Wildman–Crippen MR) is 94.4 cm³/mol. The van der Waals surface area contributed by atoms with Crippen molar-refractivity contribution in [3.8, 4) is 0 Å². The van der Waals surface area contributed by atoms with E-state index in [0.29, 0.717) is 6.54 Å². The lowest BCUT2D eigenvalue weighted by Gasteiger charge is -2.27. The fraction of sp³-hybridized carbons (Fsp3) is 0.263. The molecule has 0 fully saturated rings. The first kappa shape index (κ1) is 17.7. The molecule has 0 aromatic heterocycles. The standard InChI is InChI=1S/C19H23N3O2/c1-14-9-7-8-12-16(14)13-22(3)17(15-10-5-4-6-11-15)18(23)21-19(24)20-2/h4-12,17H,13H2,1-3H3,(H2,20,21,23,24). The van der Waals surface area contributed by atoms with Gasteiger partial charge in [0.1, 0.15) is 6.04 Å². The highest BCUT2D eigenvalue weighted by Crippen LogP contribution is 2.22. The lowest BCUT2D eigenvalue weighted by molar-refractivity contribution is -0.125. The number of urea groups is 1. The van der Waals surface area contributed by atoms with Gasteiger partial charge in [-0.05, 0) is 30.7 Å². The lowest BCUT2D eigenvalue weighted by Crippen LogP contribution is -2.44. The summed E-state index contributed by atoms with van der Waals surface area (Å²) in [5.74, 6) is -0.350. The van der Waals surface area contributed by atoms with Crippen molar-refractivity contribution >= 4 is 11.9 Å². The minimum atomic E-state index is -0.553. The van der Waals surface area contributed by atoms with Gasteiger partial charge in [-0.1, -0.05) is 54.6 Å². The molecule has 0 radical (unpaired) electrons. The Bertz CT molecular complexity index is 701. The summed E-state index contributed by atoms with van der Waals surface area (Å²) in [7, 11) is 3.37. The number of benzene rings is 2. The molecular formula is C19H23N3O2. The number of imide groups is 1. The van der Waals surface area contributed by atoms with Gasteiger partial charge in [-0.2, -0.15) is 0 Å². The summed E-state index contributed by atoms with van der Waals surface area (Å²) in [6.07, 6.45) is 0. The van der Waals surface area contributed by atoms with Gasteiger partial charge in [-0.3, -0.25) is 15.0 Å². The zero-order valence-electron chi connectivity index (χ0n) is 14.2. The second-order valence-electron chi connectivity index (χ2n) is 5.72. The Kier molecular flexibility index (Phi) is 6.09. The Balaban J connectivity index is 2.26. The van der Waals surface area contributed by atoms with E-state index in [4.69, 9.17) is 0 Å². The fourth-order valence-electron chi connectivity index (χ4n) is 2.63. The molecule has 0 saturated heterocycles. The summed E-state index contributed by atoms with van der Waals surface area (Å²) in [6, 6.07) is 16.5. The van der Waals surface area contributed by atoms with Crippen LogP contribution >= 0.6 is 0 Å². The molecule has 3 amide bonds. The zero-order valence-corrected chi connectivity index (χ0v) is 14.2. The number of aryl methyl sites for hydroxylation is 1. The van der Waals surface area contributed by atoms with E-state index in [1.807, 2.05) is 73.5 Å². The molecule has 2 rings (SSSR count). The molecule has 0 bridgehead atoms. The number of carbonyl (C=O) groups is 2. The van der Waals surface area contributed by atoms with Gasteiger partial charge >= 0.3 is 6.03 Å². The molecule has 126 valence electrons. The van der Waals surface area contributed by atoms with Gasteiger partial charge in [0.25, 0.3) is 0 Å². The van der Waals surface area contributed by atoms with Gasteiger partial charge in [0.05, 0.1) is 0 Å². The van der Waals surface area contributed by atoms with Crippen LogP contribution in [-0.2, 0) is 11.3 Å². The molecule has 0 aliphatic heterocycles. The first-order chi connectivity index (χ1) is 11.5. The van der Waals surface area contributed by atoms with Crippen LogP contribution in [0.15, 0.2) is 54.6 Å². The average molecular weight is 325 g/mol. The number of amides is 3. The number of carbonyl (C=O) groups excluding carboxylic acids is 2. The first-order valence-corrected chi connectivity index (χ1v) is 7.85. The van der Waals surface area contributed by atoms with Gasteiger partial charge in [0, 0.05) is 13.6 Å². The van der Waals surface area contributed by atoms with Gasteiger partial charge in [0.15, 0.2) is 0 Å². The highest BCUT2D eigenvalue weighted by Gasteiger charge is 2.26. The van der Waals surface area contributed by atoms with Gasteiger partial charge in [-0.15, -0.1) is 0 Å². The van der Waals surface area contributed by atoms with E-state index in [0.717, 1.165) is 11.1 Å². The topological polar surface area (TPSA) is 61.4 Å². The van der Waals surface area contributed by atoms with Crippen LogP contribution in [0.25, 0.3) is 0 Å². The first-order valence-electron chi connectivity index (χ1n) is 7.85. The molecule has 0 saturated carbocycles. The van der Waals surface area contributed by atoms with Crippen LogP contribution in [-0.4, -0.2) is 30.9 Å². The number of hydrogen-bond donors (Lipinski definition) is 2. The third-order valence-corrected chi connectivity index (χ3v) is 3.95.